The predicted molar refractivity (Wildman–Crippen MR) is 74.3 cm³/mol. The summed E-state index contributed by atoms with van der Waals surface area (Å²) in [6.07, 6.45) is 1.54. The third-order valence-corrected chi connectivity index (χ3v) is 3.16. The molecule has 0 saturated heterocycles. The molecule has 1 aliphatic heterocycles. The van der Waals surface area contributed by atoms with Crippen LogP contribution in [0, 0.1) is 0 Å². The van der Waals surface area contributed by atoms with E-state index in [0.29, 0.717) is 12.1 Å². The number of nitrogens with zero attached hydrogens (tertiary/aromatic N) is 1. The highest BCUT2D eigenvalue weighted by Crippen LogP contribution is 2.31. The first-order valence-corrected chi connectivity index (χ1v) is 6.22. The second-order valence-electron chi connectivity index (χ2n) is 4.26. The highest BCUT2D eigenvalue weighted by Gasteiger charge is 2.24. The van der Waals surface area contributed by atoms with Gasteiger partial charge in [0.25, 0.3) is 0 Å². The fraction of sp³-hybridized carbons (Fsp3) is 0.333. The molecule has 19 heavy (non-hydrogen) atoms. The van der Waals surface area contributed by atoms with Gasteiger partial charge in [-0.15, -0.1) is 0 Å². The monoisotopic (exact) mass is 259 g/mol. The highest BCUT2D eigenvalue weighted by atomic mass is 16.5. The van der Waals surface area contributed by atoms with Crippen LogP contribution in [-0.2, 0) is 9.53 Å². The Morgan fingerprint density at radius 1 is 1.26 bits per heavy atom. The number of hydrogen-bond donors (Lipinski definition) is 0. The third-order valence-electron chi connectivity index (χ3n) is 3.16. The molecule has 0 spiro atoms. The van der Waals surface area contributed by atoms with Crippen LogP contribution in [0.5, 0.6) is 5.75 Å². The van der Waals surface area contributed by atoms with Crippen LogP contribution in [0.2, 0.25) is 0 Å². The zero-order valence-electron chi connectivity index (χ0n) is 11.4. The minimum atomic E-state index is -0.380. The van der Waals surface area contributed by atoms with E-state index >= 15 is 0 Å². The van der Waals surface area contributed by atoms with E-state index in [1.54, 1.807) is 7.11 Å². The average molecular weight is 259 g/mol. The van der Waals surface area contributed by atoms with Gasteiger partial charge in [-0.1, -0.05) is 19.1 Å². The molecule has 0 bridgehead atoms. The Bertz CT molecular complexity index is 541. The predicted octanol–water partition coefficient (Wildman–Crippen LogP) is 2.83. The van der Waals surface area contributed by atoms with Crippen LogP contribution >= 0.6 is 0 Å². The van der Waals surface area contributed by atoms with E-state index in [4.69, 9.17) is 9.47 Å². The maximum absolute atomic E-state index is 11.8. The molecule has 0 saturated carbocycles. The number of esters is 1. The van der Waals surface area contributed by atoms with Crippen molar-refractivity contribution in [1.82, 2.24) is 0 Å². The van der Waals surface area contributed by atoms with Crippen molar-refractivity contribution < 1.29 is 14.3 Å². The summed E-state index contributed by atoms with van der Waals surface area (Å²) in [4.78, 5) is 16.1. The molecule has 1 aliphatic rings. The van der Waals surface area contributed by atoms with Crippen molar-refractivity contribution in [3.05, 3.63) is 35.5 Å². The second-order valence-corrected chi connectivity index (χ2v) is 4.26. The normalized spacial score (nSPS) is 14.4. The summed E-state index contributed by atoms with van der Waals surface area (Å²) in [5.74, 6) is 0.410. The molecule has 0 aliphatic carbocycles. The number of carbonyl (C=O) groups is 1. The summed E-state index contributed by atoms with van der Waals surface area (Å²) in [7, 11) is 3.00. The molecule has 0 radical (unpaired) electrons. The first kappa shape index (κ1) is 13.3. The van der Waals surface area contributed by atoms with Gasteiger partial charge in [0.1, 0.15) is 5.75 Å². The van der Waals surface area contributed by atoms with Gasteiger partial charge in [0.05, 0.1) is 14.2 Å². The molecule has 0 amide bonds. The van der Waals surface area contributed by atoms with Crippen LogP contribution in [0.3, 0.4) is 0 Å². The summed E-state index contributed by atoms with van der Waals surface area (Å²) >= 11 is 0. The molecule has 100 valence electrons. The molecular weight excluding hydrogens is 242 g/mol. The van der Waals surface area contributed by atoms with Crippen molar-refractivity contribution in [3.8, 4) is 5.75 Å². The summed E-state index contributed by atoms with van der Waals surface area (Å²) in [6.45, 7) is 2.03. The molecule has 1 aromatic carbocycles. The molecular formula is C15H17NO3. The Morgan fingerprint density at radius 2 is 1.95 bits per heavy atom. The van der Waals surface area contributed by atoms with Gasteiger partial charge in [-0.2, -0.15) is 0 Å². The lowest BCUT2D eigenvalue weighted by molar-refractivity contribution is -0.136. The first-order valence-electron chi connectivity index (χ1n) is 6.22. The maximum atomic E-state index is 11.8. The number of hydrogen-bond acceptors (Lipinski definition) is 4. The van der Waals surface area contributed by atoms with E-state index in [0.717, 1.165) is 29.0 Å². The van der Waals surface area contributed by atoms with Crippen molar-refractivity contribution >= 4 is 17.3 Å². The summed E-state index contributed by atoms with van der Waals surface area (Å²) < 4.78 is 9.93. The Morgan fingerprint density at radius 3 is 2.47 bits per heavy atom. The molecule has 1 heterocycles. The number of carbonyl (C=O) groups excluding carboxylic acids is 1. The molecule has 2 rings (SSSR count). The Kier molecular flexibility index (Phi) is 4.00. The van der Waals surface area contributed by atoms with Crippen molar-refractivity contribution in [2.75, 3.05) is 14.2 Å². The van der Waals surface area contributed by atoms with Gasteiger partial charge in [0.2, 0.25) is 0 Å². The van der Waals surface area contributed by atoms with Gasteiger partial charge < -0.3 is 9.47 Å². The van der Waals surface area contributed by atoms with E-state index < -0.39 is 0 Å². The molecule has 0 fully saturated rings. The zero-order chi connectivity index (χ0) is 13.8. The Labute approximate surface area is 112 Å². The SMILES string of the molecule is CCC1=NC(C(=O)OC)=C(c2ccc(OC)cc2)C1. The van der Waals surface area contributed by atoms with Crippen LogP contribution in [0.1, 0.15) is 25.3 Å². The summed E-state index contributed by atoms with van der Waals surface area (Å²) in [5.41, 5.74) is 3.33. The van der Waals surface area contributed by atoms with E-state index in [1.807, 2.05) is 31.2 Å². The number of aliphatic imine (C=N–C) groups is 1. The number of methoxy groups -OCH3 is 2. The lowest BCUT2D eigenvalue weighted by atomic mass is 10.00. The minimum absolute atomic E-state index is 0.380. The van der Waals surface area contributed by atoms with Crippen LogP contribution in [0.4, 0.5) is 0 Å². The minimum Gasteiger partial charge on any atom is -0.497 e. The molecule has 4 heteroatoms. The molecule has 4 nitrogen and oxygen atoms in total. The molecule has 0 N–H and O–H groups in total. The van der Waals surface area contributed by atoms with Crippen molar-refractivity contribution in [2.45, 2.75) is 19.8 Å². The number of ether oxygens (including phenoxy) is 2. The lowest BCUT2D eigenvalue weighted by Crippen LogP contribution is -2.03. The third kappa shape index (κ3) is 2.67. The largest absolute Gasteiger partial charge is 0.497 e. The summed E-state index contributed by atoms with van der Waals surface area (Å²) in [6, 6.07) is 7.62. The number of rotatable bonds is 4. The molecule has 1 aromatic rings. The fourth-order valence-electron chi connectivity index (χ4n) is 2.05. The van der Waals surface area contributed by atoms with Gasteiger partial charge >= 0.3 is 5.97 Å². The van der Waals surface area contributed by atoms with Crippen molar-refractivity contribution in [1.29, 1.82) is 0 Å². The zero-order valence-corrected chi connectivity index (χ0v) is 11.4. The molecule has 0 atom stereocenters. The number of benzene rings is 1. The van der Waals surface area contributed by atoms with Gasteiger partial charge in [-0.3, -0.25) is 0 Å². The standard InChI is InChI=1S/C15H17NO3/c1-4-11-9-13(14(16-11)15(17)19-3)10-5-7-12(18-2)8-6-10/h5-8H,4,9H2,1-3H3. The quantitative estimate of drug-likeness (QED) is 0.781. The van der Waals surface area contributed by atoms with Crippen LogP contribution in [-0.4, -0.2) is 25.9 Å². The van der Waals surface area contributed by atoms with Gasteiger partial charge in [-0.25, -0.2) is 9.79 Å². The fourth-order valence-corrected chi connectivity index (χ4v) is 2.05. The van der Waals surface area contributed by atoms with Crippen molar-refractivity contribution in [2.24, 2.45) is 4.99 Å². The van der Waals surface area contributed by atoms with Crippen LogP contribution < -0.4 is 4.74 Å². The Balaban J connectivity index is 2.37. The summed E-state index contributed by atoms with van der Waals surface area (Å²) in [5, 5.41) is 0. The second kappa shape index (κ2) is 5.69. The van der Waals surface area contributed by atoms with E-state index in [-0.39, 0.29) is 5.97 Å². The lowest BCUT2D eigenvalue weighted by Gasteiger charge is -2.06. The van der Waals surface area contributed by atoms with Gasteiger partial charge in [0, 0.05) is 12.1 Å². The van der Waals surface area contributed by atoms with Gasteiger partial charge in [0.15, 0.2) is 5.70 Å². The smallest absolute Gasteiger partial charge is 0.356 e. The van der Waals surface area contributed by atoms with Crippen LogP contribution in [0.25, 0.3) is 5.57 Å². The van der Waals surface area contributed by atoms with Crippen LogP contribution in [0.15, 0.2) is 35.0 Å². The van der Waals surface area contributed by atoms with Crippen molar-refractivity contribution in [3.63, 3.8) is 0 Å². The molecule has 0 aromatic heterocycles. The molecule has 0 unspecified atom stereocenters. The Hall–Kier alpha value is -2.10. The van der Waals surface area contributed by atoms with E-state index in [1.165, 1.54) is 7.11 Å². The first-order chi connectivity index (χ1) is 9.19. The van der Waals surface area contributed by atoms with E-state index in [2.05, 4.69) is 4.99 Å². The van der Waals surface area contributed by atoms with Gasteiger partial charge in [-0.05, 0) is 29.7 Å². The topological polar surface area (TPSA) is 47.9 Å². The average Bonchev–Trinajstić information content (AvgIpc) is 2.90. The maximum Gasteiger partial charge on any atom is 0.356 e. The van der Waals surface area contributed by atoms with E-state index in [9.17, 15) is 4.79 Å². The highest BCUT2D eigenvalue weighted by molar-refractivity contribution is 6.09. The number of allylic oxidation sites excluding steroid dienone is 1.